The molecule has 0 saturated carbocycles. The van der Waals surface area contributed by atoms with Crippen molar-refractivity contribution in [3.8, 4) is 0 Å². The van der Waals surface area contributed by atoms with Gasteiger partial charge in [-0.05, 0) is 36.6 Å². The van der Waals surface area contributed by atoms with E-state index in [1.54, 1.807) is 12.1 Å². The van der Waals surface area contributed by atoms with Crippen molar-refractivity contribution in [2.75, 3.05) is 11.9 Å². The van der Waals surface area contributed by atoms with Gasteiger partial charge in [-0.25, -0.2) is 4.39 Å². The lowest BCUT2D eigenvalue weighted by Crippen LogP contribution is -2.30. The fourth-order valence-electron chi connectivity index (χ4n) is 2.16. The Bertz CT molecular complexity index is 461. The van der Waals surface area contributed by atoms with Crippen LogP contribution in [0.4, 0.5) is 10.1 Å². The van der Waals surface area contributed by atoms with Gasteiger partial charge in [-0.1, -0.05) is 6.58 Å². The largest absolute Gasteiger partial charge is 0.340 e. The Morgan fingerprint density at radius 2 is 2.31 bits per heavy atom. The highest BCUT2D eigenvalue weighted by Crippen LogP contribution is 2.29. The van der Waals surface area contributed by atoms with E-state index in [-0.39, 0.29) is 11.9 Å². The van der Waals surface area contributed by atoms with Crippen LogP contribution in [0.5, 0.6) is 0 Å². The number of rotatable bonds is 0. The van der Waals surface area contributed by atoms with E-state index in [0.717, 1.165) is 29.8 Å². The molecule has 1 aliphatic rings. The zero-order chi connectivity index (χ0) is 11.7. The summed E-state index contributed by atoms with van der Waals surface area (Å²) in [7, 11) is 1.91. The molecule has 0 unspecified atom stereocenters. The fourth-order valence-corrected chi connectivity index (χ4v) is 2.16. The highest BCUT2D eigenvalue weighted by Gasteiger charge is 2.21. The van der Waals surface area contributed by atoms with Crippen LogP contribution in [0.15, 0.2) is 36.2 Å². The molecule has 0 aliphatic carbocycles. The summed E-state index contributed by atoms with van der Waals surface area (Å²) in [6, 6.07) is 4.73. The van der Waals surface area contributed by atoms with E-state index in [2.05, 4.69) is 12.3 Å². The fraction of sp³-hybridized carbons (Fsp3) is 0.308. The summed E-state index contributed by atoms with van der Waals surface area (Å²) in [5.74, 6) is -0.202. The smallest absolute Gasteiger partial charge is 0.123 e. The monoisotopic (exact) mass is 218 g/mol. The van der Waals surface area contributed by atoms with E-state index in [0.29, 0.717) is 0 Å². The third-order valence-electron chi connectivity index (χ3n) is 3.02. The van der Waals surface area contributed by atoms with Crippen molar-refractivity contribution in [2.45, 2.75) is 18.9 Å². The van der Waals surface area contributed by atoms with Gasteiger partial charge in [0.2, 0.25) is 0 Å². The van der Waals surface area contributed by atoms with Gasteiger partial charge >= 0.3 is 0 Å². The Labute approximate surface area is 94.9 Å². The van der Waals surface area contributed by atoms with Crippen molar-refractivity contribution in [2.24, 2.45) is 5.73 Å². The zero-order valence-electron chi connectivity index (χ0n) is 9.33. The molecule has 0 fully saturated rings. The molecular weight excluding hydrogens is 203 g/mol. The number of halogens is 1. The van der Waals surface area contributed by atoms with Gasteiger partial charge in [0.15, 0.2) is 0 Å². The van der Waals surface area contributed by atoms with Gasteiger partial charge in [0, 0.05) is 12.7 Å². The third kappa shape index (κ3) is 1.75. The number of hydrogen-bond donors (Lipinski definition) is 1. The van der Waals surface area contributed by atoms with Gasteiger partial charge in [0.05, 0.1) is 11.7 Å². The average Bonchev–Trinajstić information content (AvgIpc) is 2.37. The number of anilines is 1. The first-order valence-corrected chi connectivity index (χ1v) is 5.31. The molecule has 1 atom stereocenters. The molecule has 0 aromatic heterocycles. The van der Waals surface area contributed by atoms with Crippen LogP contribution in [0.1, 0.15) is 12.0 Å². The lowest BCUT2D eigenvalue weighted by molar-refractivity contribution is 0.624. The summed E-state index contributed by atoms with van der Waals surface area (Å²) in [6.07, 6.45) is 1.57. The van der Waals surface area contributed by atoms with Crippen LogP contribution >= 0.6 is 0 Å². The van der Waals surface area contributed by atoms with Crippen LogP contribution in [0, 0.1) is 5.82 Å². The number of nitrogens with zero attached hydrogens (tertiary/aromatic N) is 1. The molecule has 84 valence electrons. The first-order chi connectivity index (χ1) is 7.63. The number of nitrogens with two attached hydrogens (primary N) is 1. The van der Waals surface area contributed by atoms with E-state index in [9.17, 15) is 4.39 Å². The molecule has 3 heteroatoms. The molecule has 1 aromatic rings. The van der Waals surface area contributed by atoms with Crippen LogP contribution in [-0.2, 0) is 6.42 Å². The maximum atomic E-state index is 13.1. The number of benzene rings is 1. The molecule has 2 N–H and O–H groups in total. The van der Waals surface area contributed by atoms with E-state index in [1.165, 1.54) is 6.07 Å². The molecule has 2 nitrogen and oxygen atoms in total. The first-order valence-electron chi connectivity index (χ1n) is 5.31. The van der Waals surface area contributed by atoms with Crippen LogP contribution < -0.4 is 10.6 Å². The van der Waals surface area contributed by atoms with Crippen molar-refractivity contribution in [1.29, 1.82) is 0 Å². The van der Waals surface area contributed by atoms with Gasteiger partial charge in [-0.3, -0.25) is 0 Å². The van der Waals surface area contributed by atoms with E-state index in [1.807, 2.05) is 11.9 Å². The summed E-state index contributed by atoms with van der Waals surface area (Å²) in [5, 5.41) is 0. The lowest BCUT2D eigenvalue weighted by Gasteiger charge is -2.23. The van der Waals surface area contributed by atoms with E-state index < -0.39 is 0 Å². The van der Waals surface area contributed by atoms with Crippen molar-refractivity contribution in [1.82, 2.24) is 0 Å². The summed E-state index contributed by atoms with van der Waals surface area (Å²) in [4.78, 5) is 1.94. The molecule has 1 heterocycles. The highest BCUT2D eigenvalue weighted by atomic mass is 19.1. The summed E-state index contributed by atoms with van der Waals surface area (Å²) in [5.41, 5.74) is 11.7. The van der Waals surface area contributed by atoms with Gasteiger partial charge in [-0.2, -0.15) is 0 Å². The Morgan fingerprint density at radius 1 is 1.56 bits per heavy atom. The maximum Gasteiger partial charge on any atom is 0.123 e. The van der Waals surface area contributed by atoms with Crippen molar-refractivity contribution >= 4 is 5.69 Å². The molecular formula is C13H15FN2. The highest BCUT2D eigenvalue weighted by molar-refractivity contribution is 5.59. The van der Waals surface area contributed by atoms with Gasteiger partial charge in [-0.15, -0.1) is 5.73 Å². The Balaban J connectivity index is 2.53. The number of aryl methyl sites for hydroxylation is 1. The minimum atomic E-state index is -0.202. The average molecular weight is 218 g/mol. The summed E-state index contributed by atoms with van der Waals surface area (Å²) >= 11 is 0. The first kappa shape index (κ1) is 10.9. The van der Waals surface area contributed by atoms with Crippen LogP contribution in [0.3, 0.4) is 0 Å². The molecule has 1 aliphatic heterocycles. The predicted molar refractivity (Wildman–Crippen MR) is 63.8 cm³/mol. The van der Waals surface area contributed by atoms with Crippen LogP contribution in [-0.4, -0.2) is 13.1 Å². The molecule has 0 amide bonds. The second-order valence-electron chi connectivity index (χ2n) is 4.04. The summed E-state index contributed by atoms with van der Waals surface area (Å²) < 4.78 is 13.1. The maximum absolute atomic E-state index is 13.1. The standard InChI is InChI=1S/C13H15FN2/c1-3-12-11(15)6-4-9-8-10(14)5-7-13(9)16(12)2/h5,7-8,11H,1,4,6,15H2,2H3/t11-/m0/s1. The number of fused-ring (bicyclic) bond motifs is 1. The Morgan fingerprint density at radius 3 is 3.00 bits per heavy atom. The van der Waals surface area contributed by atoms with Crippen molar-refractivity contribution in [3.05, 3.63) is 47.6 Å². The Kier molecular flexibility index (Phi) is 2.82. The number of likely N-dealkylation sites (N-methyl/N-ethyl adjacent to an activating group) is 1. The molecule has 2 rings (SSSR count). The van der Waals surface area contributed by atoms with Crippen molar-refractivity contribution < 1.29 is 4.39 Å². The van der Waals surface area contributed by atoms with E-state index >= 15 is 0 Å². The zero-order valence-corrected chi connectivity index (χ0v) is 9.33. The van der Waals surface area contributed by atoms with Gasteiger partial charge < -0.3 is 10.6 Å². The van der Waals surface area contributed by atoms with Crippen LogP contribution in [0.2, 0.25) is 0 Å². The quantitative estimate of drug-likeness (QED) is 0.676. The Hall–Kier alpha value is -1.57. The number of hydrogen-bond acceptors (Lipinski definition) is 2. The predicted octanol–water partition coefficient (Wildman–Crippen LogP) is 2.20. The molecule has 0 spiro atoms. The van der Waals surface area contributed by atoms with Gasteiger partial charge in [0.25, 0.3) is 0 Å². The van der Waals surface area contributed by atoms with Crippen LogP contribution in [0.25, 0.3) is 0 Å². The molecule has 16 heavy (non-hydrogen) atoms. The molecule has 1 aromatic carbocycles. The van der Waals surface area contributed by atoms with Gasteiger partial charge in [0.1, 0.15) is 5.82 Å². The SMILES string of the molecule is C=C=C1[C@@H](N)CCc2cc(F)ccc2N1C. The lowest BCUT2D eigenvalue weighted by atomic mass is 10.1. The topological polar surface area (TPSA) is 29.3 Å². The minimum Gasteiger partial charge on any atom is -0.340 e. The minimum absolute atomic E-state index is 0.0852. The normalized spacial score (nSPS) is 20.1. The second-order valence-corrected chi connectivity index (χ2v) is 4.04. The third-order valence-corrected chi connectivity index (χ3v) is 3.02. The molecule has 0 radical (unpaired) electrons. The summed E-state index contributed by atoms with van der Waals surface area (Å²) in [6.45, 7) is 3.66. The van der Waals surface area contributed by atoms with E-state index in [4.69, 9.17) is 5.73 Å². The second kappa shape index (κ2) is 4.12. The molecule has 0 bridgehead atoms. The van der Waals surface area contributed by atoms with Crippen molar-refractivity contribution in [3.63, 3.8) is 0 Å². The molecule has 0 saturated heterocycles.